The number of nitrogens with two attached hydrogens (primary N) is 2. The van der Waals surface area contributed by atoms with Crippen LogP contribution in [0, 0.1) is 29.6 Å². The van der Waals surface area contributed by atoms with Crippen molar-refractivity contribution < 1.29 is 82.8 Å². The molecule has 17 N–H and O–H groups in total. The van der Waals surface area contributed by atoms with Gasteiger partial charge in [0.05, 0.1) is 18.9 Å². The number of hydrogen-bond acceptors (Lipinski definition) is 16. The molecule has 0 saturated carbocycles. The second-order valence-electron chi connectivity index (χ2n) is 21.6. The number of rotatable bonds is 39. The lowest BCUT2D eigenvalue weighted by Gasteiger charge is -2.31. The summed E-state index contributed by atoms with van der Waals surface area (Å²) in [4.78, 5) is 173. The van der Waals surface area contributed by atoms with E-state index < -0.39 is 181 Å². The van der Waals surface area contributed by atoms with Gasteiger partial charge in [0.1, 0.15) is 60.1 Å². The number of amides is 10. The molecule has 14 atom stereocenters. The van der Waals surface area contributed by atoms with Gasteiger partial charge in [-0.05, 0) is 60.1 Å². The van der Waals surface area contributed by atoms with Gasteiger partial charge in [0, 0.05) is 18.6 Å². The highest BCUT2D eigenvalue weighted by molar-refractivity contribution is 7.80. The summed E-state index contributed by atoms with van der Waals surface area (Å²) in [6.07, 6.45) is -2.02. The molecule has 1 rings (SSSR count). The van der Waals surface area contributed by atoms with Gasteiger partial charge < -0.3 is 79.7 Å². The molecule has 28 nitrogen and oxygen atoms in total. The van der Waals surface area contributed by atoms with Gasteiger partial charge in [-0.15, -0.1) is 0 Å². The maximum absolute atomic E-state index is 14.5. The predicted molar refractivity (Wildman–Crippen MR) is 309 cm³/mol. The first-order valence-corrected chi connectivity index (χ1v) is 28.7. The van der Waals surface area contributed by atoms with E-state index in [4.69, 9.17) is 11.5 Å². The van der Waals surface area contributed by atoms with E-state index in [9.17, 15) is 82.8 Å². The van der Waals surface area contributed by atoms with Crippen molar-refractivity contribution in [1.82, 2.24) is 47.9 Å². The van der Waals surface area contributed by atoms with Crippen molar-refractivity contribution in [2.75, 3.05) is 5.75 Å². The number of phenolic OH excluding ortho intramolecular Hbond substituents is 1. The lowest BCUT2D eigenvalue weighted by atomic mass is 9.93. The first-order valence-electron chi connectivity index (χ1n) is 28.1. The van der Waals surface area contributed by atoms with Crippen LogP contribution in [0.4, 0.5) is 0 Å². The number of aliphatic carboxylic acids is 3. The maximum Gasteiger partial charge on any atom is 0.326 e. The van der Waals surface area contributed by atoms with Crippen LogP contribution >= 0.6 is 12.6 Å². The molecule has 0 spiro atoms. The van der Waals surface area contributed by atoms with Crippen LogP contribution in [0.3, 0.4) is 0 Å². The smallest absolute Gasteiger partial charge is 0.326 e. The van der Waals surface area contributed by atoms with Crippen molar-refractivity contribution in [3.05, 3.63) is 29.8 Å². The number of carbonyl (C=O) groups excluding carboxylic acids is 10. The van der Waals surface area contributed by atoms with Crippen molar-refractivity contribution in [1.29, 1.82) is 0 Å². The minimum atomic E-state index is -2.03. The Morgan fingerprint density at radius 3 is 1.21 bits per heavy atom. The van der Waals surface area contributed by atoms with Gasteiger partial charge in [-0.25, -0.2) is 4.79 Å². The van der Waals surface area contributed by atoms with Crippen molar-refractivity contribution in [2.24, 2.45) is 41.1 Å². The lowest BCUT2D eigenvalue weighted by Crippen LogP contribution is -2.62. The number of thiol groups is 1. The third kappa shape index (κ3) is 25.5. The van der Waals surface area contributed by atoms with Crippen molar-refractivity contribution in [2.45, 2.75) is 194 Å². The number of carboxylic acids is 3. The van der Waals surface area contributed by atoms with Gasteiger partial charge in [0.2, 0.25) is 59.1 Å². The molecule has 1 aromatic rings. The number of aromatic hydroxyl groups is 1. The molecule has 472 valence electrons. The van der Waals surface area contributed by atoms with E-state index in [1.165, 1.54) is 31.2 Å². The molecule has 0 radical (unpaired) electrons. The molecule has 10 amide bonds. The van der Waals surface area contributed by atoms with Gasteiger partial charge in [-0.2, -0.15) is 12.6 Å². The van der Waals surface area contributed by atoms with Gasteiger partial charge in [-0.1, -0.05) is 107 Å². The van der Waals surface area contributed by atoms with E-state index in [1.807, 2.05) is 13.8 Å². The van der Waals surface area contributed by atoms with Crippen LogP contribution in [0.1, 0.15) is 133 Å². The summed E-state index contributed by atoms with van der Waals surface area (Å²) in [6, 6.07) is -9.79. The second kappa shape index (κ2) is 36.9. The van der Waals surface area contributed by atoms with Gasteiger partial charge in [-0.3, -0.25) is 57.5 Å². The molecule has 0 saturated heterocycles. The molecule has 0 aliphatic carbocycles. The molecule has 0 aliphatic heterocycles. The minimum Gasteiger partial charge on any atom is -0.508 e. The normalized spacial score (nSPS) is 16.2. The van der Waals surface area contributed by atoms with E-state index in [1.54, 1.807) is 48.5 Å². The lowest BCUT2D eigenvalue weighted by molar-refractivity contribution is -0.145. The molecule has 0 aromatic heterocycles. The zero-order valence-electron chi connectivity index (χ0n) is 49.4. The summed E-state index contributed by atoms with van der Waals surface area (Å²) in [7, 11) is 0. The topological polar surface area (TPSA) is 463 Å². The third-order valence-corrected chi connectivity index (χ3v) is 14.8. The summed E-state index contributed by atoms with van der Waals surface area (Å²) < 4.78 is 0. The molecular weight excluding hydrogens is 1120 g/mol. The highest BCUT2D eigenvalue weighted by Crippen LogP contribution is 2.17. The van der Waals surface area contributed by atoms with Gasteiger partial charge in [0.15, 0.2) is 0 Å². The summed E-state index contributed by atoms with van der Waals surface area (Å²) in [5, 5.41) is 61.0. The average Bonchev–Trinajstić information content (AvgIpc) is 3.61. The van der Waals surface area contributed by atoms with Crippen LogP contribution in [0.5, 0.6) is 5.75 Å². The standard InChI is InChI=1S/C55H89N11O17S/c1-11-27(7)42(57)51(78)65-45(30(10)14-4)54(81)66-44(29(9)13-3)53(80)63-38(25-84)50(77)58-33(19-20-39(56)68)46(73)59-34(22-31-15-17-32(67)18-16-31)49(76)64-43(28(8)12-2)52(79)61-36(24-41(71)72)47(74)60-35(23-40(69)70)48(75)62-37(55(82)83)21-26(5)6/h15-18,26-30,33-38,42-45,67,84H,11-14,19-25,57H2,1-10H3,(H2,56,68)(H,58,77)(H,59,73)(H,60,74)(H,61,79)(H,62,75)(H,63,80)(H,64,76)(H,65,78)(H,66,81)(H,69,70)(H,71,72)(H,82,83)/t27-,28-,29-,30-,33-,34-,35-,36-,37-,38-,42-,43-,44-,45-/m0/s1. The van der Waals surface area contributed by atoms with Crippen LogP contribution in [-0.4, -0.2) is 164 Å². The Hall–Kier alpha value is -7.56. The van der Waals surface area contributed by atoms with Crippen LogP contribution in [0.15, 0.2) is 24.3 Å². The number of carbonyl (C=O) groups is 13. The number of nitrogens with one attached hydrogen (secondary N) is 9. The number of phenols is 1. The van der Waals surface area contributed by atoms with Crippen molar-refractivity contribution >= 4 is 89.6 Å². The van der Waals surface area contributed by atoms with Crippen molar-refractivity contribution in [3.63, 3.8) is 0 Å². The van der Waals surface area contributed by atoms with Crippen LogP contribution < -0.4 is 59.3 Å². The maximum atomic E-state index is 14.5. The molecule has 0 bridgehead atoms. The highest BCUT2D eigenvalue weighted by atomic mass is 32.1. The van der Waals surface area contributed by atoms with E-state index in [0.29, 0.717) is 24.8 Å². The Bertz CT molecular complexity index is 2450. The minimum absolute atomic E-state index is 0.0800. The fraction of sp³-hybridized carbons (Fsp3) is 0.655. The fourth-order valence-corrected chi connectivity index (χ4v) is 8.52. The molecule has 29 heteroatoms. The monoisotopic (exact) mass is 1210 g/mol. The van der Waals surface area contributed by atoms with Crippen LogP contribution in [-0.2, 0) is 68.7 Å². The van der Waals surface area contributed by atoms with E-state index in [2.05, 4.69) is 60.5 Å². The fourth-order valence-electron chi connectivity index (χ4n) is 8.26. The first-order chi connectivity index (χ1) is 39.2. The van der Waals surface area contributed by atoms with E-state index >= 15 is 0 Å². The molecule has 0 aliphatic rings. The Morgan fingerprint density at radius 2 is 0.810 bits per heavy atom. The summed E-state index contributed by atoms with van der Waals surface area (Å²) in [6.45, 7) is 17.1. The Kier molecular flexibility index (Phi) is 32.7. The number of benzene rings is 1. The number of primary amides is 1. The van der Waals surface area contributed by atoms with Gasteiger partial charge >= 0.3 is 17.9 Å². The number of carboxylic acid groups (broad SMARTS) is 3. The first kappa shape index (κ1) is 74.5. The summed E-state index contributed by atoms with van der Waals surface area (Å²) >= 11 is 4.27. The van der Waals surface area contributed by atoms with E-state index in [-0.39, 0.29) is 42.6 Å². The Morgan fingerprint density at radius 1 is 0.464 bits per heavy atom. The SMILES string of the molecule is CC[C@H](C)[C@H](N)C(=O)N[C@H](C(=O)N[C@H](C(=O)N[C@@H](CS)C(=O)N[C@@H](CCC(N)=O)C(=O)N[C@@H](Cc1ccc(O)cc1)C(=O)N[C@H](C(=O)N[C@@H](CC(=O)O)C(=O)N[C@@H](CC(=O)O)C(=O)N[C@@H](CC(C)C)C(=O)O)[C@@H](C)CC)[C@@H](C)CC)[C@@H](C)CC. The molecule has 84 heavy (non-hydrogen) atoms. The second-order valence-corrected chi connectivity index (χ2v) is 22.0. The van der Waals surface area contributed by atoms with E-state index in [0.717, 1.165) is 0 Å². The molecule has 0 fully saturated rings. The molecule has 1 aromatic carbocycles. The zero-order valence-corrected chi connectivity index (χ0v) is 50.3. The van der Waals surface area contributed by atoms with Crippen LogP contribution in [0.25, 0.3) is 0 Å². The van der Waals surface area contributed by atoms with Crippen LogP contribution in [0.2, 0.25) is 0 Å². The Labute approximate surface area is 494 Å². The quantitative estimate of drug-likeness (QED) is 0.0355. The zero-order chi connectivity index (χ0) is 64.3. The van der Waals surface area contributed by atoms with Gasteiger partial charge in [0.25, 0.3) is 0 Å². The third-order valence-electron chi connectivity index (χ3n) is 14.4. The average molecular weight is 1210 g/mol. The Balaban J connectivity index is 3.66. The largest absolute Gasteiger partial charge is 0.508 e. The molecule has 0 unspecified atom stereocenters. The summed E-state index contributed by atoms with van der Waals surface area (Å²) in [5.41, 5.74) is 12.0. The summed E-state index contributed by atoms with van der Waals surface area (Å²) in [5.74, 6) is -17.3. The number of hydrogen-bond donors (Lipinski definition) is 16. The van der Waals surface area contributed by atoms with Crippen molar-refractivity contribution in [3.8, 4) is 5.75 Å². The molecular formula is C55H89N11O17S. The molecule has 0 heterocycles. The predicted octanol–water partition coefficient (Wildman–Crippen LogP) is -0.915. The highest BCUT2D eigenvalue weighted by Gasteiger charge is 2.39.